The van der Waals surface area contributed by atoms with Crippen molar-refractivity contribution < 1.29 is 28.6 Å². The number of furan rings is 1. The molecule has 1 aromatic heterocycles. The van der Waals surface area contributed by atoms with E-state index < -0.39 is 17.5 Å². The average molecular weight is 346 g/mol. The van der Waals surface area contributed by atoms with Gasteiger partial charge in [0.1, 0.15) is 6.61 Å². The van der Waals surface area contributed by atoms with Crippen LogP contribution in [0, 0.1) is 16.7 Å². The first kappa shape index (κ1) is 17.5. The summed E-state index contributed by atoms with van der Waals surface area (Å²) in [7, 11) is 0. The highest BCUT2D eigenvalue weighted by Gasteiger charge is 2.55. The van der Waals surface area contributed by atoms with Crippen molar-refractivity contribution in [2.45, 2.75) is 26.4 Å². The van der Waals surface area contributed by atoms with Gasteiger partial charge in [-0.2, -0.15) is 0 Å². The smallest absolute Gasteiger partial charge is 0.331 e. The number of hydrogen-bond donors (Lipinski definition) is 1. The van der Waals surface area contributed by atoms with E-state index in [0.717, 1.165) is 0 Å². The lowest BCUT2D eigenvalue weighted by atomic mass is 9.60. The predicted molar refractivity (Wildman–Crippen MR) is 88.2 cm³/mol. The monoisotopic (exact) mass is 346 g/mol. The Labute approximate surface area is 146 Å². The highest BCUT2D eigenvalue weighted by molar-refractivity contribution is 5.83. The third kappa shape index (κ3) is 3.26. The fraction of sp³-hybridized carbons (Fsp3) is 0.474. The fourth-order valence-electron chi connectivity index (χ4n) is 3.80. The molecule has 1 N–H and O–H groups in total. The summed E-state index contributed by atoms with van der Waals surface area (Å²) in [5.74, 6) is -1.15. The third-order valence-electron chi connectivity index (χ3n) is 5.08. The van der Waals surface area contributed by atoms with Crippen molar-refractivity contribution in [1.29, 1.82) is 0 Å². The molecule has 1 aromatic rings. The summed E-state index contributed by atoms with van der Waals surface area (Å²) < 4.78 is 15.5. The van der Waals surface area contributed by atoms with Gasteiger partial charge in [-0.1, -0.05) is 32.1 Å². The maximum absolute atomic E-state index is 12.2. The molecule has 1 saturated heterocycles. The number of aliphatic hydroxyl groups excluding tert-OH is 1. The van der Waals surface area contributed by atoms with Crippen molar-refractivity contribution in [2.24, 2.45) is 16.7 Å². The quantitative estimate of drug-likeness (QED) is 0.501. The van der Waals surface area contributed by atoms with Crippen molar-refractivity contribution >= 4 is 11.9 Å². The van der Waals surface area contributed by atoms with Gasteiger partial charge in [0.15, 0.2) is 6.10 Å². The Morgan fingerprint density at radius 2 is 2.32 bits per heavy atom. The molecule has 0 radical (unpaired) electrons. The summed E-state index contributed by atoms with van der Waals surface area (Å²) in [6.07, 6.45) is 9.82. The molecule has 4 atom stereocenters. The molecular weight excluding hydrogens is 324 g/mol. The van der Waals surface area contributed by atoms with E-state index in [1.807, 2.05) is 26.0 Å². The second kappa shape index (κ2) is 6.52. The lowest BCUT2D eigenvalue weighted by molar-refractivity contribution is -0.146. The van der Waals surface area contributed by atoms with Gasteiger partial charge in [0, 0.05) is 22.5 Å². The summed E-state index contributed by atoms with van der Waals surface area (Å²) in [4.78, 5) is 24.4. The molecule has 1 fully saturated rings. The number of hydrogen-bond acceptors (Lipinski definition) is 6. The van der Waals surface area contributed by atoms with E-state index in [-0.39, 0.29) is 23.9 Å². The van der Waals surface area contributed by atoms with E-state index in [1.54, 1.807) is 12.1 Å². The molecule has 2 aliphatic rings. The van der Waals surface area contributed by atoms with E-state index in [4.69, 9.17) is 13.9 Å². The van der Waals surface area contributed by atoms with Gasteiger partial charge in [0.25, 0.3) is 0 Å². The van der Waals surface area contributed by atoms with Crippen LogP contribution in [0.4, 0.5) is 0 Å². The Bertz CT molecular complexity index is 704. The van der Waals surface area contributed by atoms with Gasteiger partial charge < -0.3 is 19.0 Å². The normalized spacial score (nSPS) is 32.4. The molecule has 6 heteroatoms. The van der Waals surface area contributed by atoms with Gasteiger partial charge in [-0.3, -0.25) is 4.79 Å². The first-order valence-corrected chi connectivity index (χ1v) is 8.25. The summed E-state index contributed by atoms with van der Waals surface area (Å²) in [5, 5.41) is 9.39. The molecule has 0 spiro atoms. The van der Waals surface area contributed by atoms with Gasteiger partial charge in [-0.15, -0.1) is 0 Å². The molecule has 1 aliphatic carbocycles. The number of allylic oxidation sites excluding steroid dienone is 2. The Morgan fingerprint density at radius 3 is 3.00 bits per heavy atom. The summed E-state index contributed by atoms with van der Waals surface area (Å²) >= 11 is 0. The van der Waals surface area contributed by atoms with Gasteiger partial charge in [-0.05, 0) is 12.5 Å². The van der Waals surface area contributed by atoms with Gasteiger partial charge in [-0.25, -0.2) is 4.79 Å². The predicted octanol–water partition coefficient (Wildman–Crippen LogP) is 2.56. The maximum Gasteiger partial charge on any atom is 0.331 e. The van der Waals surface area contributed by atoms with E-state index in [0.29, 0.717) is 18.6 Å². The van der Waals surface area contributed by atoms with Crippen LogP contribution < -0.4 is 0 Å². The molecule has 6 nitrogen and oxygen atoms in total. The zero-order chi connectivity index (χ0) is 18.1. The summed E-state index contributed by atoms with van der Waals surface area (Å²) in [6.45, 7) is 3.94. The van der Waals surface area contributed by atoms with E-state index in [1.165, 1.54) is 18.6 Å². The highest BCUT2D eigenvalue weighted by atomic mass is 16.6. The number of ether oxygens (including phenoxy) is 2. The first-order chi connectivity index (χ1) is 11.9. The zero-order valence-electron chi connectivity index (χ0n) is 14.3. The second-order valence-electron chi connectivity index (χ2n) is 7.16. The summed E-state index contributed by atoms with van der Waals surface area (Å²) in [6, 6.07) is 1.63. The Kier molecular flexibility index (Phi) is 4.56. The van der Waals surface area contributed by atoms with Crippen LogP contribution in [0.1, 0.15) is 31.9 Å². The molecule has 0 saturated carbocycles. The van der Waals surface area contributed by atoms with Crippen LogP contribution in [0.3, 0.4) is 0 Å². The number of fused-ring (bicyclic) bond motifs is 1. The van der Waals surface area contributed by atoms with Crippen molar-refractivity contribution in [3.05, 3.63) is 48.5 Å². The minimum atomic E-state index is -0.781. The largest absolute Gasteiger partial charge is 0.472 e. The molecule has 0 unspecified atom stereocenters. The molecule has 0 amide bonds. The Hall–Kier alpha value is -2.34. The van der Waals surface area contributed by atoms with Crippen molar-refractivity contribution in [2.75, 3.05) is 13.2 Å². The molecule has 3 rings (SSSR count). The molecule has 0 bridgehead atoms. The summed E-state index contributed by atoms with van der Waals surface area (Å²) in [5.41, 5.74) is -0.300. The Balaban J connectivity index is 1.73. The van der Waals surface area contributed by atoms with E-state index in [9.17, 15) is 14.7 Å². The maximum atomic E-state index is 12.2. The molecule has 2 heterocycles. The Morgan fingerprint density at radius 1 is 1.52 bits per heavy atom. The minimum Gasteiger partial charge on any atom is -0.472 e. The molecule has 25 heavy (non-hydrogen) atoms. The minimum absolute atomic E-state index is 0.237. The topological polar surface area (TPSA) is 86.0 Å². The van der Waals surface area contributed by atoms with Crippen LogP contribution in [0.15, 0.2) is 47.3 Å². The van der Waals surface area contributed by atoms with Crippen LogP contribution in [0.2, 0.25) is 0 Å². The fourth-order valence-corrected chi connectivity index (χ4v) is 3.80. The van der Waals surface area contributed by atoms with Crippen LogP contribution in [0.5, 0.6) is 0 Å². The number of esters is 2. The first-order valence-electron chi connectivity index (χ1n) is 8.25. The third-order valence-corrected chi connectivity index (χ3v) is 5.08. The van der Waals surface area contributed by atoms with Crippen molar-refractivity contribution in [3.8, 4) is 0 Å². The van der Waals surface area contributed by atoms with Crippen LogP contribution in [-0.2, 0) is 19.1 Å². The molecule has 1 aliphatic heterocycles. The van der Waals surface area contributed by atoms with Gasteiger partial charge in [0.05, 0.1) is 25.1 Å². The number of rotatable bonds is 5. The van der Waals surface area contributed by atoms with Crippen LogP contribution >= 0.6 is 0 Å². The number of cyclic esters (lactones) is 1. The highest BCUT2D eigenvalue weighted by Crippen LogP contribution is 2.52. The molecular formula is C19H22O6. The van der Waals surface area contributed by atoms with Crippen molar-refractivity contribution in [1.82, 2.24) is 0 Å². The molecule has 0 aromatic carbocycles. The number of aliphatic hydroxyl groups is 1. The zero-order valence-corrected chi connectivity index (χ0v) is 14.3. The van der Waals surface area contributed by atoms with Crippen LogP contribution in [-0.4, -0.2) is 30.3 Å². The van der Waals surface area contributed by atoms with Gasteiger partial charge in [0.2, 0.25) is 0 Å². The number of carbonyl (C=O) groups excluding carboxylic acids is 2. The van der Waals surface area contributed by atoms with Crippen molar-refractivity contribution in [3.63, 3.8) is 0 Å². The number of carbonyl (C=O) groups is 2. The van der Waals surface area contributed by atoms with E-state index >= 15 is 0 Å². The van der Waals surface area contributed by atoms with Crippen LogP contribution in [0.25, 0.3) is 0 Å². The molecule has 134 valence electrons. The second-order valence-corrected chi connectivity index (χ2v) is 7.16. The standard InChI is InChI=1S/C19H22O6/c1-18(6-3-7-19(2)12-24-17(22)16(18)19)8-4-15(21)25-14(10-20)13-5-9-23-11-13/h3-5,7-9,11,14,16,20H,6,10,12H2,1-2H3/b8-4+/t14-,16-,18-,19-/m1/s1. The average Bonchev–Trinajstić information content (AvgIpc) is 3.20. The lowest BCUT2D eigenvalue weighted by Crippen LogP contribution is -2.41. The SMILES string of the molecule is C[C@]1(/C=C/C(=O)O[C@H](CO)c2ccoc2)CC=C[C@]2(C)COC(=O)[C@H]12. The van der Waals surface area contributed by atoms with Gasteiger partial charge >= 0.3 is 11.9 Å². The van der Waals surface area contributed by atoms with E-state index in [2.05, 4.69) is 0 Å². The lowest BCUT2D eigenvalue weighted by Gasteiger charge is -2.40.